The third-order valence-electron chi connectivity index (χ3n) is 2.77. The lowest BCUT2D eigenvalue weighted by molar-refractivity contribution is -0.121. The molecule has 0 aliphatic carbocycles. The maximum absolute atomic E-state index is 11.5. The van der Waals surface area contributed by atoms with Crippen LogP contribution in [0.4, 0.5) is 0 Å². The van der Waals surface area contributed by atoms with Gasteiger partial charge in [0.1, 0.15) is 0 Å². The highest BCUT2D eigenvalue weighted by atomic mass is 16.5. The minimum atomic E-state index is 0.192. The minimum absolute atomic E-state index is 0.192. The van der Waals surface area contributed by atoms with Gasteiger partial charge in [0.15, 0.2) is 0 Å². The van der Waals surface area contributed by atoms with E-state index in [9.17, 15) is 4.79 Å². The van der Waals surface area contributed by atoms with Crippen LogP contribution in [0, 0.1) is 0 Å². The summed E-state index contributed by atoms with van der Waals surface area (Å²) in [6, 6.07) is 0.307. The number of carbonyl (C=O) groups is 1. The van der Waals surface area contributed by atoms with Crippen molar-refractivity contribution in [2.24, 2.45) is 0 Å². The van der Waals surface area contributed by atoms with Crippen LogP contribution >= 0.6 is 0 Å². The van der Waals surface area contributed by atoms with Gasteiger partial charge < -0.3 is 10.1 Å². The van der Waals surface area contributed by atoms with Crippen LogP contribution in [0.2, 0.25) is 0 Å². The molecule has 0 rings (SSSR count). The van der Waals surface area contributed by atoms with Crippen molar-refractivity contribution in [1.82, 2.24) is 5.32 Å². The van der Waals surface area contributed by atoms with Crippen molar-refractivity contribution in [3.05, 3.63) is 0 Å². The Morgan fingerprint density at radius 1 is 1.12 bits per heavy atom. The Balaban J connectivity index is 3.25. The first-order valence-electron chi connectivity index (χ1n) is 6.97. The zero-order valence-electron chi connectivity index (χ0n) is 11.9. The van der Waals surface area contributed by atoms with Crippen molar-refractivity contribution in [3.63, 3.8) is 0 Å². The van der Waals surface area contributed by atoms with Gasteiger partial charge in [-0.05, 0) is 40.0 Å². The molecule has 17 heavy (non-hydrogen) atoms. The van der Waals surface area contributed by atoms with Crippen molar-refractivity contribution >= 4 is 5.91 Å². The van der Waals surface area contributed by atoms with Crippen LogP contribution in [0.1, 0.15) is 66.2 Å². The van der Waals surface area contributed by atoms with Crippen LogP contribution in [0.25, 0.3) is 0 Å². The average Bonchev–Trinajstić information content (AvgIpc) is 2.27. The van der Waals surface area contributed by atoms with Crippen molar-refractivity contribution in [3.8, 4) is 0 Å². The second-order valence-electron chi connectivity index (χ2n) is 4.96. The Kier molecular flexibility index (Phi) is 10.2. The van der Waals surface area contributed by atoms with E-state index in [2.05, 4.69) is 26.1 Å². The van der Waals surface area contributed by atoms with E-state index in [-0.39, 0.29) is 5.91 Å². The molecule has 3 nitrogen and oxygen atoms in total. The number of hydrogen-bond acceptors (Lipinski definition) is 2. The summed E-state index contributed by atoms with van der Waals surface area (Å²) in [6.07, 6.45) is 6.36. The van der Waals surface area contributed by atoms with Gasteiger partial charge >= 0.3 is 0 Å². The Hall–Kier alpha value is -0.570. The molecule has 0 heterocycles. The van der Waals surface area contributed by atoms with Gasteiger partial charge in [-0.3, -0.25) is 4.79 Å². The number of ether oxygens (including phenoxy) is 1. The van der Waals surface area contributed by atoms with E-state index in [1.165, 1.54) is 0 Å². The van der Waals surface area contributed by atoms with Gasteiger partial charge in [-0.15, -0.1) is 0 Å². The lowest BCUT2D eigenvalue weighted by Crippen LogP contribution is -2.31. The van der Waals surface area contributed by atoms with E-state index in [4.69, 9.17) is 4.74 Å². The average molecular weight is 243 g/mol. The molecule has 102 valence electrons. The lowest BCUT2D eigenvalue weighted by Gasteiger charge is -2.11. The zero-order chi connectivity index (χ0) is 13.1. The molecule has 0 aliphatic heterocycles. The van der Waals surface area contributed by atoms with Gasteiger partial charge in [0.25, 0.3) is 0 Å². The largest absolute Gasteiger partial charge is 0.379 e. The zero-order valence-corrected chi connectivity index (χ0v) is 11.9. The number of carbonyl (C=O) groups excluding carboxylic acids is 1. The van der Waals surface area contributed by atoms with Gasteiger partial charge in [0.05, 0.1) is 6.10 Å². The van der Waals surface area contributed by atoms with Crippen LogP contribution in [0.15, 0.2) is 0 Å². The quantitative estimate of drug-likeness (QED) is 0.598. The van der Waals surface area contributed by atoms with E-state index in [1.54, 1.807) is 0 Å². The third kappa shape index (κ3) is 11.7. The molecule has 0 saturated carbocycles. The number of rotatable bonds is 10. The first kappa shape index (κ1) is 16.4. The molecule has 0 aromatic heterocycles. The molecule has 0 spiro atoms. The molecule has 0 aromatic rings. The number of hydrogen-bond donors (Lipinski definition) is 1. The summed E-state index contributed by atoms with van der Waals surface area (Å²) in [5.74, 6) is 0.192. The van der Waals surface area contributed by atoms with Crippen LogP contribution in [0.5, 0.6) is 0 Å². The first-order chi connectivity index (χ1) is 8.06. The number of unbranched alkanes of at least 4 members (excludes halogenated alkanes) is 3. The summed E-state index contributed by atoms with van der Waals surface area (Å²) >= 11 is 0. The van der Waals surface area contributed by atoms with E-state index in [1.807, 2.05) is 6.92 Å². The summed E-state index contributed by atoms with van der Waals surface area (Å²) in [6.45, 7) is 9.08. The second-order valence-corrected chi connectivity index (χ2v) is 4.96. The maximum atomic E-state index is 11.5. The molecule has 0 aliphatic rings. The lowest BCUT2D eigenvalue weighted by atomic mass is 10.1. The predicted molar refractivity (Wildman–Crippen MR) is 72.1 cm³/mol. The Labute approximate surface area is 106 Å². The second kappa shape index (κ2) is 10.6. The van der Waals surface area contributed by atoms with Crippen molar-refractivity contribution in [1.29, 1.82) is 0 Å². The molecule has 0 radical (unpaired) electrons. The Morgan fingerprint density at radius 3 is 2.35 bits per heavy atom. The monoisotopic (exact) mass is 243 g/mol. The van der Waals surface area contributed by atoms with E-state index in [0.717, 1.165) is 38.7 Å². The minimum Gasteiger partial charge on any atom is -0.379 e. The highest BCUT2D eigenvalue weighted by Crippen LogP contribution is 2.04. The normalized spacial score (nSPS) is 12.8. The highest BCUT2D eigenvalue weighted by molar-refractivity contribution is 5.76. The van der Waals surface area contributed by atoms with E-state index in [0.29, 0.717) is 18.6 Å². The predicted octanol–water partition coefficient (Wildman–Crippen LogP) is 3.28. The number of amides is 1. The van der Waals surface area contributed by atoms with Gasteiger partial charge in [-0.25, -0.2) is 0 Å². The molecule has 0 bridgehead atoms. The molecular formula is C14H29NO2. The first-order valence-corrected chi connectivity index (χ1v) is 6.97. The summed E-state index contributed by atoms with van der Waals surface area (Å²) in [4.78, 5) is 11.5. The van der Waals surface area contributed by atoms with Crippen LogP contribution in [0.3, 0.4) is 0 Å². The van der Waals surface area contributed by atoms with Gasteiger partial charge in [0.2, 0.25) is 5.91 Å². The molecule has 1 unspecified atom stereocenters. The standard InChI is InChI=1S/C14H29NO2/c1-5-13(4)15-14(16)10-8-6-7-9-11-17-12(2)3/h12-13H,5-11H2,1-4H3,(H,15,16). The van der Waals surface area contributed by atoms with Crippen LogP contribution in [-0.2, 0) is 9.53 Å². The fourth-order valence-corrected chi connectivity index (χ4v) is 1.51. The Morgan fingerprint density at radius 2 is 1.76 bits per heavy atom. The summed E-state index contributed by atoms with van der Waals surface area (Å²) in [7, 11) is 0. The van der Waals surface area contributed by atoms with Gasteiger partial charge in [-0.1, -0.05) is 19.8 Å². The van der Waals surface area contributed by atoms with Crippen molar-refractivity contribution in [2.75, 3.05) is 6.61 Å². The fourth-order valence-electron chi connectivity index (χ4n) is 1.51. The molecule has 3 heteroatoms. The van der Waals surface area contributed by atoms with E-state index >= 15 is 0 Å². The molecule has 1 amide bonds. The molecule has 1 N–H and O–H groups in total. The fraction of sp³-hybridized carbons (Fsp3) is 0.929. The topological polar surface area (TPSA) is 38.3 Å². The Bertz CT molecular complexity index is 193. The van der Waals surface area contributed by atoms with Crippen LogP contribution < -0.4 is 5.32 Å². The smallest absolute Gasteiger partial charge is 0.220 e. The SMILES string of the molecule is CCC(C)NC(=O)CCCCCCOC(C)C. The summed E-state index contributed by atoms with van der Waals surface area (Å²) in [5.41, 5.74) is 0. The van der Waals surface area contributed by atoms with Crippen molar-refractivity contribution < 1.29 is 9.53 Å². The number of nitrogens with one attached hydrogen (secondary N) is 1. The van der Waals surface area contributed by atoms with Gasteiger partial charge in [-0.2, -0.15) is 0 Å². The highest BCUT2D eigenvalue weighted by Gasteiger charge is 2.04. The van der Waals surface area contributed by atoms with Crippen LogP contribution in [-0.4, -0.2) is 24.7 Å². The molecule has 0 fully saturated rings. The van der Waals surface area contributed by atoms with Crippen molar-refractivity contribution in [2.45, 2.75) is 78.4 Å². The molecule has 0 saturated heterocycles. The summed E-state index contributed by atoms with van der Waals surface area (Å²) in [5, 5.41) is 2.98. The van der Waals surface area contributed by atoms with E-state index < -0.39 is 0 Å². The van der Waals surface area contributed by atoms with Gasteiger partial charge in [0, 0.05) is 19.1 Å². The summed E-state index contributed by atoms with van der Waals surface area (Å²) < 4.78 is 5.46. The molecule has 0 aromatic carbocycles. The molecule has 1 atom stereocenters. The molecular weight excluding hydrogens is 214 g/mol. The maximum Gasteiger partial charge on any atom is 0.220 e. The third-order valence-corrected chi connectivity index (χ3v) is 2.77.